The van der Waals surface area contributed by atoms with Crippen molar-refractivity contribution < 1.29 is 0 Å². The van der Waals surface area contributed by atoms with Gasteiger partial charge in [-0.1, -0.05) is 78.1 Å². The van der Waals surface area contributed by atoms with Crippen LogP contribution in [0.2, 0.25) is 0 Å². The Kier molecular flexibility index (Phi) is 17.3. The third kappa shape index (κ3) is 12.5. The predicted octanol–water partition coefficient (Wildman–Crippen LogP) is 5.33. The first kappa shape index (κ1) is 26.1. The molecule has 0 atom stereocenters. The Morgan fingerprint density at radius 2 is 1.00 bits per heavy atom. The zero-order valence-electron chi connectivity index (χ0n) is 16.1. The average Bonchev–Trinajstić information content (AvgIpc) is 2.58. The average molecular weight is 393 g/mol. The van der Waals surface area contributed by atoms with Gasteiger partial charge in [0.15, 0.2) is 10.3 Å². The minimum atomic E-state index is 0. The van der Waals surface area contributed by atoms with Crippen molar-refractivity contribution >= 4 is 50.1 Å². The summed E-state index contributed by atoms with van der Waals surface area (Å²) in [5, 5.41) is 0.900. The van der Waals surface area contributed by atoms with Gasteiger partial charge in [-0.05, 0) is 12.8 Å². The van der Waals surface area contributed by atoms with Gasteiger partial charge in [-0.2, -0.15) is 15.0 Å². The van der Waals surface area contributed by atoms with E-state index in [4.69, 9.17) is 0 Å². The third-order valence-corrected chi connectivity index (χ3v) is 4.85. The maximum atomic E-state index is 4.41. The summed E-state index contributed by atoms with van der Waals surface area (Å²) >= 11 is 8.55. The van der Waals surface area contributed by atoms with Crippen LogP contribution in [0.1, 0.15) is 90.9 Å². The van der Waals surface area contributed by atoms with Gasteiger partial charge in [0, 0.05) is 13.1 Å². The first-order valence-electron chi connectivity index (χ1n) is 10.1. The molecule has 4 nitrogen and oxygen atoms in total. The summed E-state index contributed by atoms with van der Waals surface area (Å²) in [6, 6.07) is 0. The molecule has 7 heteroatoms. The number of hydrogen-bond acceptors (Lipinski definition) is 6. The third-order valence-electron chi connectivity index (χ3n) is 4.45. The van der Waals surface area contributed by atoms with Crippen LogP contribution >= 0.6 is 25.3 Å². The summed E-state index contributed by atoms with van der Waals surface area (Å²) in [5.41, 5.74) is 0. The van der Waals surface area contributed by atoms with E-state index < -0.39 is 0 Å². The van der Waals surface area contributed by atoms with Crippen molar-refractivity contribution in [2.75, 3.05) is 18.0 Å². The van der Waals surface area contributed by atoms with Crippen molar-refractivity contribution in [1.29, 1.82) is 0 Å². The van der Waals surface area contributed by atoms with E-state index in [0.717, 1.165) is 19.0 Å². The van der Waals surface area contributed by atoms with Crippen molar-refractivity contribution in [3.63, 3.8) is 0 Å². The van der Waals surface area contributed by atoms with Gasteiger partial charge >= 0.3 is 18.9 Å². The second kappa shape index (κ2) is 17.2. The molecule has 0 fully saturated rings. The molecular weight excluding hydrogens is 355 g/mol. The van der Waals surface area contributed by atoms with Gasteiger partial charge < -0.3 is 4.90 Å². The quantitative estimate of drug-likeness (QED) is 0.241. The molecule has 1 aromatic heterocycles. The van der Waals surface area contributed by atoms with Crippen LogP contribution in [0.5, 0.6) is 0 Å². The van der Waals surface area contributed by atoms with Gasteiger partial charge in [0.1, 0.15) is 0 Å². The van der Waals surface area contributed by atoms with Crippen molar-refractivity contribution in [2.45, 2.75) is 101 Å². The molecule has 0 aliphatic rings. The molecule has 0 saturated heterocycles. The van der Waals surface area contributed by atoms with Crippen molar-refractivity contribution in [3.05, 3.63) is 0 Å². The van der Waals surface area contributed by atoms with Crippen molar-refractivity contribution in [3.8, 4) is 0 Å². The topological polar surface area (TPSA) is 41.9 Å². The molecule has 1 aromatic rings. The number of rotatable bonds is 15. The number of thiol groups is 2. The molecule has 1 heterocycles. The standard InChI is InChI=1S/C19H36N4S2.Li.H/c1-3-5-7-9-11-13-15-23(16-14-12-10-8-6-4-2)17-20-18(24)22-19(25)21-17;;/h3-16H2,1-2H3,(H2,20,21,22,24,25);;. The van der Waals surface area contributed by atoms with E-state index in [9.17, 15) is 0 Å². The van der Waals surface area contributed by atoms with E-state index in [1.165, 1.54) is 77.0 Å². The predicted molar refractivity (Wildman–Crippen MR) is 120 cm³/mol. The SMILES string of the molecule is CCCCCCCCN(CCCCCCCC)c1nc(S)nc(S)n1.[LiH]. The van der Waals surface area contributed by atoms with Gasteiger partial charge in [-0.25, -0.2) is 0 Å². The van der Waals surface area contributed by atoms with Crippen LogP contribution in [-0.2, 0) is 0 Å². The molecule has 0 radical (unpaired) electrons. The number of unbranched alkanes of at least 4 members (excludes halogenated alkanes) is 10. The first-order valence-corrected chi connectivity index (χ1v) is 11.0. The van der Waals surface area contributed by atoms with E-state index in [1.54, 1.807) is 0 Å². The Balaban J connectivity index is 0.00000625. The fraction of sp³-hybridized carbons (Fsp3) is 0.842. The second-order valence-electron chi connectivity index (χ2n) is 6.76. The Labute approximate surface area is 183 Å². The molecule has 0 bridgehead atoms. The van der Waals surface area contributed by atoms with Crippen LogP contribution < -0.4 is 4.90 Å². The van der Waals surface area contributed by atoms with Gasteiger partial charge in [0.2, 0.25) is 5.95 Å². The molecule has 0 aliphatic heterocycles. The molecule has 1 rings (SSSR count). The Morgan fingerprint density at radius 1 is 0.615 bits per heavy atom. The van der Waals surface area contributed by atoms with Crippen LogP contribution in [0, 0.1) is 0 Å². The van der Waals surface area contributed by atoms with Gasteiger partial charge in [-0.15, -0.1) is 25.3 Å². The molecule has 0 N–H and O–H groups in total. The normalized spacial score (nSPS) is 10.6. The number of anilines is 1. The Morgan fingerprint density at radius 3 is 1.42 bits per heavy atom. The van der Waals surface area contributed by atoms with E-state index in [1.807, 2.05) is 0 Å². The molecule has 26 heavy (non-hydrogen) atoms. The molecule has 0 saturated carbocycles. The zero-order chi connectivity index (χ0) is 18.3. The van der Waals surface area contributed by atoms with Crippen molar-refractivity contribution in [1.82, 2.24) is 15.0 Å². The molecule has 0 amide bonds. The van der Waals surface area contributed by atoms with Crippen LogP contribution in [0.4, 0.5) is 5.95 Å². The van der Waals surface area contributed by atoms with Crippen LogP contribution in [0.3, 0.4) is 0 Å². The fourth-order valence-electron chi connectivity index (χ4n) is 2.96. The first-order chi connectivity index (χ1) is 12.2. The maximum absolute atomic E-state index is 4.41. The molecule has 0 unspecified atom stereocenters. The van der Waals surface area contributed by atoms with Crippen molar-refractivity contribution in [2.24, 2.45) is 0 Å². The summed E-state index contributed by atoms with van der Waals surface area (Å²) in [7, 11) is 0. The Hall–Kier alpha value is 0.107. The van der Waals surface area contributed by atoms with Gasteiger partial charge in [-0.3, -0.25) is 0 Å². The van der Waals surface area contributed by atoms with E-state index in [0.29, 0.717) is 10.3 Å². The van der Waals surface area contributed by atoms with Gasteiger partial charge in [0.25, 0.3) is 0 Å². The monoisotopic (exact) mass is 392 g/mol. The number of nitrogens with zero attached hydrogens (tertiary/aromatic N) is 4. The van der Waals surface area contributed by atoms with E-state index in [-0.39, 0.29) is 18.9 Å². The number of hydrogen-bond donors (Lipinski definition) is 2. The number of aromatic nitrogens is 3. The minimum absolute atomic E-state index is 0. The molecule has 0 spiro atoms. The summed E-state index contributed by atoms with van der Waals surface area (Å²) in [6.45, 7) is 6.53. The molecule has 146 valence electrons. The van der Waals surface area contributed by atoms with Gasteiger partial charge in [0.05, 0.1) is 0 Å². The summed E-state index contributed by atoms with van der Waals surface area (Å²) in [6.07, 6.45) is 15.6. The van der Waals surface area contributed by atoms with E-state index >= 15 is 0 Å². The molecule has 0 aromatic carbocycles. The van der Waals surface area contributed by atoms with Crippen LogP contribution in [-0.4, -0.2) is 46.9 Å². The summed E-state index contributed by atoms with van der Waals surface area (Å²) in [4.78, 5) is 15.2. The Bertz CT molecular complexity index is 427. The molecular formula is C19H37LiN4S2. The zero-order valence-corrected chi connectivity index (χ0v) is 17.9. The second-order valence-corrected chi connectivity index (χ2v) is 7.56. The molecule has 0 aliphatic carbocycles. The fourth-order valence-corrected chi connectivity index (χ4v) is 3.41. The van der Waals surface area contributed by atoms with Crippen LogP contribution in [0.15, 0.2) is 10.3 Å². The summed E-state index contributed by atoms with van der Waals surface area (Å²) in [5.74, 6) is 0.729. The van der Waals surface area contributed by atoms with Crippen LogP contribution in [0.25, 0.3) is 0 Å². The van der Waals surface area contributed by atoms with E-state index in [2.05, 4.69) is 59.0 Å². The summed E-state index contributed by atoms with van der Waals surface area (Å²) < 4.78 is 0.